The van der Waals surface area contributed by atoms with E-state index in [4.69, 9.17) is 37.4 Å². The number of aromatic amines is 1. The van der Waals surface area contributed by atoms with Gasteiger partial charge in [0.2, 0.25) is 11.5 Å². The maximum atomic E-state index is 14.4. The van der Waals surface area contributed by atoms with Gasteiger partial charge in [0.1, 0.15) is 25.0 Å². The Bertz CT molecular complexity index is 2550. The average Bonchev–Trinajstić information content (AvgIpc) is 3.26. The van der Waals surface area contributed by atoms with Gasteiger partial charge in [0.05, 0.1) is 16.1 Å². The van der Waals surface area contributed by atoms with Gasteiger partial charge in [0.25, 0.3) is 0 Å². The van der Waals surface area contributed by atoms with Crippen molar-refractivity contribution >= 4 is 35.1 Å². The number of fused-ring (bicyclic) bond motifs is 2. The van der Waals surface area contributed by atoms with E-state index in [1.54, 1.807) is 24.4 Å². The molecule has 0 fully saturated rings. The molecular formula is C48H43Cl2N3O7. The topological polar surface area (TPSA) is 130 Å². The summed E-state index contributed by atoms with van der Waals surface area (Å²) in [6, 6.07) is 35.9. The molecule has 2 aliphatic heterocycles. The van der Waals surface area contributed by atoms with Crippen molar-refractivity contribution < 1.29 is 28.9 Å². The van der Waals surface area contributed by atoms with Gasteiger partial charge < -0.3 is 29.6 Å². The molecule has 6 aromatic rings. The van der Waals surface area contributed by atoms with E-state index < -0.39 is 18.1 Å². The van der Waals surface area contributed by atoms with E-state index in [-0.39, 0.29) is 30.0 Å². The van der Waals surface area contributed by atoms with Crippen LogP contribution < -0.4 is 25.1 Å². The Morgan fingerprint density at radius 2 is 1.62 bits per heavy atom. The standard InChI is InChI=1S/C48H43Cl2N3O7/c1-2-41(32-6-4-3-5-7-32)53-26-36-24-44-43(59-28-45(60-44)33-13-15-37(16-14-33)58-27-30-10-17-38(49)39(50)20-30)23-35(36)22-42(53)47(55)52-40(48(56)57)21-29-8-11-31(12-9-29)34-18-19-51-46(54)25-34/h3-20,23-25,40-42,45H,2,21-22,26-28H2,1H3,(H,51,54)(H,52,55)(H,56,57). The van der Waals surface area contributed by atoms with Crippen LogP contribution in [0.1, 0.15) is 58.9 Å². The number of carboxylic acid groups (broad SMARTS) is 1. The number of rotatable bonds is 13. The summed E-state index contributed by atoms with van der Waals surface area (Å²) in [7, 11) is 0. The van der Waals surface area contributed by atoms with Crippen molar-refractivity contribution in [2.24, 2.45) is 0 Å². The maximum Gasteiger partial charge on any atom is 0.326 e. The maximum absolute atomic E-state index is 14.4. The van der Waals surface area contributed by atoms with Crippen molar-refractivity contribution in [2.75, 3.05) is 6.61 Å². The summed E-state index contributed by atoms with van der Waals surface area (Å²) >= 11 is 12.2. The third-order valence-electron chi connectivity index (χ3n) is 11.1. The highest BCUT2D eigenvalue weighted by molar-refractivity contribution is 6.42. The number of benzene rings is 5. The third kappa shape index (κ3) is 9.21. The molecule has 0 saturated carbocycles. The van der Waals surface area contributed by atoms with Crippen LogP contribution in [0, 0.1) is 0 Å². The van der Waals surface area contributed by atoms with Crippen molar-refractivity contribution in [1.29, 1.82) is 0 Å². The zero-order chi connectivity index (χ0) is 41.8. The van der Waals surface area contributed by atoms with E-state index in [9.17, 15) is 19.5 Å². The Kier molecular flexibility index (Phi) is 12.2. The molecule has 1 amide bonds. The summed E-state index contributed by atoms with van der Waals surface area (Å²) in [6.45, 7) is 3.17. The van der Waals surface area contributed by atoms with Crippen molar-refractivity contribution in [3.63, 3.8) is 0 Å². The number of carbonyl (C=O) groups is 2. The first kappa shape index (κ1) is 40.7. The van der Waals surface area contributed by atoms with Crippen molar-refractivity contribution in [1.82, 2.24) is 15.2 Å². The highest BCUT2D eigenvalue weighted by atomic mass is 35.5. The van der Waals surface area contributed by atoms with Gasteiger partial charge in [0, 0.05) is 31.3 Å². The molecule has 0 aliphatic carbocycles. The molecule has 3 N–H and O–H groups in total. The molecule has 306 valence electrons. The molecule has 10 nitrogen and oxygen atoms in total. The fourth-order valence-electron chi connectivity index (χ4n) is 7.98. The predicted octanol–water partition coefficient (Wildman–Crippen LogP) is 9.13. The van der Waals surface area contributed by atoms with Gasteiger partial charge in [-0.25, -0.2) is 4.79 Å². The first-order valence-electron chi connectivity index (χ1n) is 19.9. The first-order valence-corrected chi connectivity index (χ1v) is 20.6. The van der Waals surface area contributed by atoms with Crippen molar-refractivity contribution in [2.45, 2.75) is 63.6 Å². The normalized spacial score (nSPS) is 16.9. The predicted molar refractivity (Wildman–Crippen MR) is 231 cm³/mol. The monoisotopic (exact) mass is 843 g/mol. The lowest BCUT2D eigenvalue weighted by atomic mass is 9.89. The van der Waals surface area contributed by atoms with Crippen LogP contribution in [0.4, 0.5) is 0 Å². The van der Waals surface area contributed by atoms with Gasteiger partial charge in [0.15, 0.2) is 17.6 Å². The van der Waals surface area contributed by atoms with Crippen LogP contribution in [-0.4, -0.2) is 45.6 Å². The van der Waals surface area contributed by atoms with Crippen LogP contribution in [0.15, 0.2) is 132 Å². The molecule has 2 aliphatic rings. The number of ether oxygens (including phenoxy) is 3. The van der Waals surface area contributed by atoms with E-state index in [1.165, 1.54) is 6.07 Å². The molecule has 0 radical (unpaired) electrons. The third-order valence-corrected chi connectivity index (χ3v) is 11.9. The molecule has 60 heavy (non-hydrogen) atoms. The number of aliphatic carboxylic acids is 1. The molecule has 1 aromatic heterocycles. The lowest BCUT2D eigenvalue weighted by Gasteiger charge is -2.42. The zero-order valence-corrected chi connectivity index (χ0v) is 34.3. The zero-order valence-electron chi connectivity index (χ0n) is 32.8. The molecule has 8 rings (SSSR count). The highest BCUT2D eigenvalue weighted by Gasteiger charge is 2.38. The number of halogens is 2. The number of H-pyrrole nitrogens is 1. The fraction of sp³-hybridized carbons (Fsp3) is 0.229. The van der Waals surface area contributed by atoms with Crippen LogP contribution >= 0.6 is 23.2 Å². The van der Waals surface area contributed by atoms with Crippen molar-refractivity contribution in [3.8, 4) is 28.4 Å². The van der Waals surface area contributed by atoms with Gasteiger partial charge in [-0.15, -0.1) is 0 Å². The lowest BCUT2D eigenvalue weighted by Crippen LogP contribution is -2.55. The number of amides is 1. The van der Waals surface area contributed by atoms with E-state index in [1.807, 2.05) is 84.9 Å². The van der Waals surface area contributed by atoms with Gasteiger partial charge in [-0.2, -0.15) is 0 Å². The van der Waals surface area contributed by atoms with Crippen LogP contribution in [-0.2, 0) is 35.6 Å². The number of pyridine rings is 1. The molecule has 0 saturated heterocycles. The van der Waals surface area contributed by atoms with Crippen LogP contribution in [0.2, 0.25) is 10.0 Å². The van der Waals surface area contributed by atoms with E-state index >= 15 is 0 Å². The van der Waals surface area contributed by atoms with E-state index in [0.29, 0.717) is 53.5 Å². The van der Waals surface area contributed by atoms with Crippen LogP contribution in [0.5, 0.6) is 17.2 Å². The minimum absolute atomic E-state index is 0.0876. The average molecular weight is 845 g/mol. The van der Waals surface area contributed by atoms with E-state index in [0.717, 1.165) is 50.9 Å². The molecule has 0 bridgehead atoms. The summed E-state index contributed by atoms with van der Waals surface area (Å²) in [4.78, 5) is 43.6. The Morgan fingerprint density at radius 3 is 2.33 bits per heavy atom. The number of carbonyl (C=O) groups excluding carboxylic acids is 1. The smallest absolute Gasteiger partial charge is 0.326 e. The number of nitrogens with one attached hydrogen (secondary N) is 2. The molecule has 5 aromatic carbocycles. The molecule has 4 unspecified atom stereocenters. The lowest BCUT2D eigenvalue weighted by molar-refractivity contribution is -0.143. The Balaban J connectivity index is 0.993. The number of hydrogen-bond donors (Lipinski definition) is 3. The highest BCUT2D eigenvalue weighted by Crippen LogP contribution is 2.42. The van der Waals surface area contributed by atoms with Gasteiger partial charge in [-0.3, -0.25) is 14.5 Å². The molecule has 12 heteroatoms. The Labute approximate surface area is 357 Å². The second kappa shape index (κ2) is 18.0. The Morgan fingerprint density at radius 1 is 0.867 bits per heavy atom. The second-order valence-electron chi connectivity index (χ2n) is 15.1. The molecule has 4 atom stereocenters. The van der Waals surface area contributed by atoms with Crippen LogP contribution in [0.25, 0.3) is 11.1 Å². The van der Waals surface area contributed by atoms with E-state index in [2.05, 4.69) is 34.3 Å². The molecular weight excluding hydrogens is 801 g/mol. The molecule has 3 heterocycles. The summed E-state index contributed by atoms with van der Waals surface area (Å²) in [6.07, 6.45) is 2.40. The number of hydrogen-bond acceptors (Lipinski definition) is 7. The van der Waals surface area contributed by atoms with Gasteiger partial charge in [-0.1, -0.05) is 103 Å². The number of nitrogens with zero attached hydrogens (tertiary/aromatic N) is 1. The van der Waals surface area contributed by atoms with Crippen LogP contribution in [0.3, 0.4) is 0 Å². The van der Waals surface area contributed by atoms with Crippen molar-refractivity contribution in [3.05, 3.63) is 181 Å². The minimum Gasteiger partial charge on any atom is -0.489 e. The summed E-state index contributed by atoms with van der Waals surface area (Å²) < 4.78 is 18.8. The van der Waals surface area contributed by atoms with Gasteiger partial charge >= 0.3 is 5.97 Å². The minimum atomic E-state index is -1.16. The van der Waals surface area contributed by atoms with Gasteiger partial charge in [-0.05, 0) is 99.8 Å². The fourth-order valence-corrected chi connectivity index (χ4v) is 8.30. The Hall–Kier alpha value is -6.07. The SMILES string of the molecule is CCC(c1ccccc1)N1Cc2cc3c(cc2CC1C(=O)NC(Cc1ccc(-c2cc[nH]c(=O)c2)cc1)C(=O)O)OCC(c1ccc(OCc2ccc(Cl)c(Cl)c2)cc1)O3. The second-order valence-corrected chi connectivity index (χ2v) is 15.9. The quantitative estimate of drug-likeness (QED) is 0.105. The first-order chi connectivity index (χ1) is 29.1. The summed E-state index contributed by atoms with van der Waals surface area (Å²) in [5, 5.41) is 14.2. The summed E-state index contributed by atoms with van der Waals surface area (Å²) in [5.41, 5.74) is 6.98. The summed E-state index contributed by atoms with van der Waals surface area (Å²) in [5.74, 6) is 0.435. The largest absolute Gasteiger partial charge is 0.489 e. The number of carboxylic acids is 1. The molecule has 0 spiro atoms. The number of aromatic nitrogens is 1.